The summed E-state index contributed by atoms with van der Waals surface area (Å²) < 4.78 is 48.6. The number of fused-ring (bicyclic) bond motifs is 1. The molecule has 5 rings (SSSR count). The number of halogens is 3. The predicted molar refractivity (Wildman–Crippen MR) is 131 cm³/mol. The van der Waals surface area contributed by atoms with Crippen LogP contribution in [0.5, 0.6) is 5.75 Å². The van der Waals surface area contributed by atoms with Crippen LogP contribution in [0.4, 0.5) is 18.9 Å². The largest absolute Gasteiger partial charge is 0.495 e. The van der Waals surface area contributed by atoms with Crippen molar-refractivity contribution < 1.29 is 22.7 Å². The van der Waals surface area contributed by atoms with Gasteiger partial charge in [0, 0.05) is 49.1 Å². The van der Waals surface area contributed by atoms with Gasteiger partial charge in [-0.2, -0.15) is 23.0 Å². The number of hydrogen-bond donors (Lipinski definition) is 1. The SMILES string of the molecule is COc1cncc(-c2nn(-c3cc(N4CCC(NC(C)=O)C4)ccc3C(F)(F)F)c(=O)c3c2CCC3)c1. The van der Waals surface area contributed by atoms with Crippen LogP contribution in [0.2, 0.25) is 0 Å². The fourth-order valence-electron chi connectivity index (χ4n) is 5.16. The summed E-state index contributed by atoms with van der Waals surface area (Å²) in [7, 11) is 1.50. The van der Waals surface area contributed by atoms with Gasteiger partial charge in [-0.05, 0) is 55.5 Å². The summed E-state index contributed by atoms with van der Waals surface area (Å²) in [6, 6.07) is 5.35. The van der Waals surface area contributed by atoms with Crippen LogP contribution in [-0.4, -0.2) is 46.9 Å². The maximum absolute atomic E-state index is 14.1. The van der Waals surface area contributed by atoms with Gasteiger partial charge in [0.2, 0.25) is 5.91 Å². The van der Waals surface area contributed by atoms with Gasteiger partial charge in [-0.15, -0.1) is 0 Å². The first-order chi connectivity index (χ1) is 17.7. The second-order valence-electron chi connectivity index (χ2n) is 9.32. The smallest absolute Gasteiger partial charge is 0.418 e. The number of carbonyl (C=O) groups is 1. The lowest BCUT2D eigenvalue weighted by Crippen LogP contribution is -2.35. The molecular formula is C26H26F3N5O3. The maximum Gasteiger partial charge on any atom is 0.418 e. The molecule has 1 fully saturated rings. The summed E-state index contributed by atoms with van der Waals surface area (Å²) in [5.74, 6) is 0.318. The molecule has 0 bridgehead atoms. The summed E-state index contributed by atoms with van der Waals surface area (Å²) in [5, 5.41) is 7.34. The van der Waals surface area contributed by atoms with Gasteiger partial charge in [0.05, 0.1) is 30.3 Å². The average Bonchev–Trinajstić information content (AvgIpc) is 3.53. The second kappa shape index (κ2) is 9.53. The van der Waals surface area contributed by atoms with Gasteiger partial charge >= 0.3 is 6.18 Å². The van der Waals surface area contributed by atoms with Crippen LogP contribution in [0.25, 0.3) is 16.9 Å². The molecule has 1 aromatic carbocycles. The minimum absolute atomic E-state index is 0.101. The maximum atomic E-state index is 14.1. The number of methoxy groups -OCH3 is 1. The molecular weight excluding hydrogens is 487 g/mol. The molecule has 1 saturated heterocycles. The molecule has 37 heavy (non-hydrogen) atoms. The van der Waals surface area contributed by atoms with Gasteiger partial charge in [0.1, 0.15) is 5.75 Å². The van der Waals surface area contributed by atoms with E-state index in [-0.39, 0.29) is 17.6 Å². The number of anilines is 1. The van der Waals surface area contributed by atoms with Gasteiger partial charge in [0.25, 0.3) is 5.56 Å². The molecule has 0 radical (unpaired) electrons. The number of aromatic nitrogens is 3. The van der Waals surface area contributed by atoms with Crippen molar-refractivity contribution in [1.29, 1.82) is 0 Å². The van der Waals surface area contributed by atoms with E-state index >= 15 is 0 Å². The zero-order valence-corrected chi connectivity index (χ0v) is 20.4. The zero-order chi connectivity index (χ0) is 26.3. The minimum Gasteiger partial charge on any atom is -0.495 e. The van der Waals surface area contributed by atoms with Crippen LogP contribution in [0, 0.1) is 0 Å². The third-order valence-corrected chi connectivity index (χ3v) is 6.85. The summed E-state index contributed by atoms with van der Waals surface area (Å²) in [6.07, 6.45) is 0.837. The van der Waals surface area contributed by atoms with E-state index in [1.165, 1.54) is 32.4 Å². The molecule has 0 saturated carbocycles. The highest BCUT2D eigenvalue weighted by Gasteiger charge is 2.36. The normalized spacial score (nSPS) is 17.1. The van der Waals surface area contributed by atoms with E-state index in [2.05, 4.69) is 15.4 Å². The van der Waals surface area contributed by atoms with E-state index in [0.29, 0.717) is 67.0 Å². The number of alkyl halides is 3. The van der Waals surface area contributed by atoms with E-state index in [4.69, 9.17) is 4.74 Å². The van der Waals surface area contributed by atoms with E-state index in [1.807, 2.05) is 4.90 Å². The number of ether oxygens (including phenoxy) is 1. The number of nitrogens with zero attached hydrogens (tertiary/aromatic N) is 4. The highest BCUT2D eigenvalue weighted by molar-refractivity contribution is 5.73. The summed E-state index contributed by atoms with van der Waals surface area (Å²) in [6.45, 7) is 2.45. The lowest BCUT2D eigenvalue weighted by atomic mass is 10.0. The first-order valence-corrected chi connectivity index (χ1v) is 12.0. The number of carbonyl (C=O) groups excluding carboxylic acids is 1. The quantitative estimate of drug-likeness (QED) is 0.562. The summed E-state index contributed by atoms with van der Waals surface area (Å²) in [5.41, 5.74) is 0.886. The zero-order valence-electron chi connectivity index (χ0n) is 20.4. The van der Waals surface area contributed by atoms with Crippen molar-refractivity contribution in [2.45, 2.75) is 44.8 Å². The fourth-order valence-corrected chi connectivity index (χ4v) is 5.16. The third-order valence-electron chi connectivity index (χ3n) is 6.85. The Bertz CT molecular complexity index is 1420. The standard InChI is InChI=1S/C26H26F3N5O3/c1-15(35)31-17-8-9-33(14-17)18-6-7-22(26(27,28)29)23(11-18)34-25(36)21-5-3-4-20(21)24(32-34)16-10-19(37-2)13-30-12-16/h6-7,10-13,17H,3-5,8-9,14H2,1-2H3,(H,31,35). The van der Waals surface area contributed by atoms with Crippen molar-refractivity contribution in [3.05, 3.63) is 63.7 Å². The Labute approximate surface area is 211 Å². The van der Waals surface area contributed by atoms with Crippen molar-refractivity contribution in [1.82, 2.24) is 20.1 Å². The lowest BCUT2D eigenvalue weighted by molar-refractivity contribution is -0.137. The molecule has 2 aromatic heterocycles. The molecule has 1 aliphatic heterocycles. The molecule has 3 heterocycles. The molecule has 2 aliphatic rings. The molecule has 3 aromatic rings. The van der Waals surface area contributed by atoms with Crippen molar-refractivity contribution in [3.63, 3.8) is 0 Å². The Morgan fingerprint density at radius 1 is 1.16 bits per heavy atom. The Hall–Kier alpha value is -3.89. The topological polar surface area (TPSA) is 89.3 Å². The van der Waals surface area contributed by atoms with Gasteiger partial charge in [-0.1, -0.05) is 0 Å². The number of nitrogens with one attached hydrogen (secondary N) is 1. The Balaban J connectivity index is 1.66. The number of benzene rings is 1. The van der Waals surface area contributed by atoms with Gasteiger partial charge < -0.3 is 15.0 Å². The van der Waals surface area contributed by atoms with Crippen LogP contribution in [0.15, 0.2) is 41.5 Å². The van der Waals surface area contributed by atoms with Crippen LogP contribution in [0.1, 0.15) is 36.5 Å². The van der Waals surface area contributed by atoms with Crippen molar-refractivity contribution >= 4 is 11.6 Å². The third kappa shape index (κ3) is 4.77. The van der Waals surface area contributed by atoms with E-state index in [0.717, 1.165) is 16.3 Å². The summed E-state index contributed by atoms with van der Waals surface area (Å²) in [4.78, 5) is 31.0. The molecule has 1 amide bonds. The molecule has 1 aliphatic carbocycles. The van der Waals surface area contributed by atoms with Crippen LogP contribution < -0.4 is 20.5 Å². The van der Waals surface area contributed by atoms with E-state index in [1.54, 1.807) is 12.3 Å². The van der Waals surface area contributed by atoms with Crippen LogP contribution >= 0.6 is 0 Å². The molecule has 1 atom stereocenters. The Kier molecular flexibility index (Phi) is 6.38. The number of hydrogen-bond acceptors (Lipinski definition) is 6. The molecule has 11 heteroatoms. The second-order valence-corrected chi connectivity index (χ2v) is 9.32. The Morgan fingerprint density at radius 2 is 1.95 bits per heavy atom. The molecule has 1 unspecified atom stereocenters. The monoisotopic (exact) mass is 513 g/mol. The van der Waals surface area contributed by atoms with Gasteiger partial charge in [-0.3, -0.25) is 14.6 Å². The number of rotatable bonds is 5. The highest BCUT2D eigenvalue weighted by atomic mass is 19.4. The number of pyridine rings is 1. The Morgan fingerprint density at radius 3 is 2.68 bits per heavy atom. The average molecular weight is 514 g/mol. The van der Waals surface area contributed by atoms with Crippen LogP contribution in [-0.2, 0) is 23.8 Å². The lowest BCUT2D eigenvalue weighted by Gasteiger charge is -2.22. The first kappa shape index (κ1) is 24.8. The molecule has 0 spiro atoms. The van der Waals surface area contributed by atoms with E-state index < -0.39 is 17.3 Å². The van der Waals surface area contributed by atoms with E-state index in [9.17, 15) is 22.8 Å². The summed E-state index contributed by atoms with van der Waals surface area (Å²) >= 11 is 0. The minimum atomic E-state index is -4.70. The molecule has 1 N–H and O–H groups in total. The molecule has 8 nitrogen and oxygen atoms in total. The van der Waals surface area contributed by atoms with Gasteiger partial charge in [0.15, 0.2) is 0 Å². The highest BCUT2D eigenvalue weighted by Crippen LogP contribution is 2.37. The fraction of sp³-hybridized carbons (Fsp3) is 0.385. The van der Waals surface area contributed by atoms with Gasteiger partial charge in [-0.25, -0.2) is 0 Å². The van der Waals surface area contributed by atoms with Crippen molar-refractivity contribution in [3.8, 4) is 22.7 Å². The number of amides is 1. The first-order valence-electron chi connectivity index (χ1n) is 12.0. The van der Waals surface area contributed by atoms with Crippen molar-refractivity contribution in [2.24, 2.45) is 0 Å². The predicted octanol–water partition coefficient (Wildman–Crippen LogP) is 3.53. The molecule has 194 valence electrons. The van der Waals surface area contributed by atoms with Crippen LogP contribution in [0.3, 0.4) is 0 Å². The van der Waals surface area contributed by atoms with Crippen molar-refractivity contribution in [2.75, 3.05) is 25.1 Å².